The van der Waals surface area contributed by atoms with Crippen molar-refractivity contribution in [2.75, 3.05) is 13.7 Å². The number of non-ortho nitro benzene ring substituents is 1. The highest BCUT2D eigenvalue weighted by Gasteiger charge is 2.20. The lowest BCUT2D eigenvalue weighted by Gasteiger charge is -2.12. The number of hydrogen-bond donors (Lipinski definition) is 1. The van der Waals surface area contributed by atoms with E-state index in [-0.39, 0.29) is 17.2 Å². The Balaban J connectivity index is 2.04. The zero-order chi connectivity index (χ0) is 20.0. The van der Waals surface area contributed by atoms with Crippen molar-refractivity contribution in [1.29, 1.82) is 0 Å². The Bertz CT molecular complexity index is 864. The number of carbonyl (C=O) groups is 3. The fourth-order valence-corrected chi connectivity index (χ4v) is 2.91. The number of hydrogen-bond acceptors (Lipinski definition) is 8. The summed E-state index contributed by atoms with van der Waals surface area (Å²) in [6.07, 6.45) is 0. The quantitative estimate of drug-likeness (QED) is 0.436. The lowest BCUT2D eigenvalue weighted by atomic mass is 10.1. The summed E-state index contributed by atoms with van der Waals surface area (Å²) in [6.45, 7) is 1.22. The fourth-order valence-electron chi connectivity index (χ4n) is 2.18. The van der Waals surface area contributed by atoms with Gasteiger partial charge in [0.1, 0.15) is 0 Å². The maximum absolute atomic E-state index is 12.1. The monoisotopic (exact) mass is 392 g/mol. The maximum Gasteiger partial charge on any atom is 0.338 e. The number of nitro benzene ring substituents is 1. The van der Waals surface area contributed by atoms with E-state index in [0.717, 1.165) is 30.2 Å². The van der Waals surface area contributed by atoms with Gasteiger partial charge in [-0.1, -0.05) is 6.07 Å². The van der Waals surface area contributed by atoms with Crippen molar-refractivity contribution in [3.05, 3.63) is 61.8 Å². The normalized spacial score (nSPS) is 11.3. The molecule has 0 radical (unpaired) electrons. The van der Waals surface area contributed by atoms with E-state index in [1.165, 1.54) is 11.3 Å². The highest BCUT2D eigenvalue weighted by atomic mass is 32.1. The van der Waals surface area contributed by atoms with Crippen LogP contribution in [-0.2, 0) is 14.3 Å². The van der Waals surface area contributed by atoms with Crippen LogP contribution in [-0.4, -0.2) is 36.5 Å². The molecular weight excluding hydrogens is 376 g/mol. The number of carbonyl (C=O) groups excluding carboxylic acids is 3. The van der Waals surface area contributed by atoms with Crippen LogP contribution in [0.4, 0.5) is 5.69 Å². The van der Waals surface area contributed by atoms with Crippen LogP contribution < -0.4 is 5.32 Å². The fraction of sp³-hybridized carbons (Fsp3) is 0.235. The zero-order valence-corrected chi connectivity index (χ0v) is 15.3. The summed E-state index contributed by atoms with van der Waals surface area (Å²) in [5.74, 6) is -2.33. The third-order valence-corrected chi connectivity index (χ3v) is 4.52. The van der Waals surface area contributed by atoms with Gasteiger partial charge in [0.25, 0.3) is 11.6 Å². The van der Waals surface area contributed by atoms with Gasteiger partial charge < -0.3 is 14.8 Å². The molecule has 0 aliphatic rings. The smallest absolute Gasteiger partial charge is 0.338 e. The molecule has 0 aliphatic heterocycles. The van der Waals surface area contributed by atoms with Gasteiger partial charge in [-0.3, -0.25) is 14.9 Å². The maximum atomic E-state index is 12.1. The van der Waals surface area contributed by atoms with Gasteiger partial charge >= 0.3 is 11.9 Å². The number of esters is 2. The second-order valence-corrected chi connectivity index (χ2v) is 6.38. The van der Waals surface area contributed by atoms with Crippen LogP contribution in [0, 0.1) is 10.1 Å². The zero-order valence-electron chi connectivity index (χ0n) is 14.5. The van der Waals surface area contributed by atoms with Crippen LogP contribution in [0.5, 0.6) is 0 Å². The van der Waals surface area contributed by atoms with E-state index in [0.29, 0.717) is 0 Å². The summed E-state index contributed by atoms with van der Waals surface area (Å²) >= 11 is 1.47. The molecule has 0 spiro atoms. The van der Waals surface area contributed by atoms with E-state index >= 15 is 0 Å². The molecule has 27 heavy (non-hydrogen) atoms. The first-order valence-corrected chi connectivity index (χ1v) is 8.57. The number of nitrogens with zero attached hydrogens (tertiary/aromatic N) is 1. The van der Waals surface area contributed by atoms with Crippen molar-refractivity contribution >= 4 is 34.9 Å². The third kappa shape index (κ3) is 5.35. The van der Waals surface area contributed by atoms with Gasteiger partial charge in [0.15, 0.2) is 6.61 Å². The minimum Gasteiger partial charge on any atom is -0.465 e. The van der Waals surface area contributed by atoms with Gasteiger partial charge in [0, 0.05) is 17.0 Å². The van der Waals surface area contributed by atoms with Crippen LogP contribution in [0.1, 0.15) is 38.6 Å². The molecule has 2 rings (SSSR count). The van der Waals surface area contributed by atoms with Crippen molar-refractivity contribution in [2.45, 2.75) is 13.0 Å². The number of thiophene rings is 1. The molecule has 0 unspecified atom stereocenters. The molecule has 0 saturated heterocycles. The SMILES string of the molecule is COC(=O)c1cc(C(=O)OCC(=O)N[C@@H](C)c2cccs2)cc([N+](=O)[O-])c1. The lowest BCUT2D eigenvalue weighted by molar-refractivity contribution is -0.384. The summed E-state index contributed by atoms with van der Waals surface area (Å²) in [7, 11) is 1.11. The molecule has 1 aromatic carbocycles. The Morgan fingerprint density at radius 1 is 1.22 bits per heavy atom. The summed E-state index contributed by atoms with van der Waals surface area (Å²) in [5.41, 5.74) is -0.876. The number of nitro groups is 1. The summed E-state index contributed by atoms with van der Waals surface area (Å²) < 4.78 is 9.40. The van der Waals surface area contributed by atoms with Crippen molar-refractivity contribution in [3.8, 4) is 0 Å². The second-order valence-electron chi connectivity index (χ2n) is 5.40. The number of benzene rings is 1. The molecule has 1 amide bonds. The minimum absolute atomic E-state index is 0.172. The van der Waals surface area contributed by atoms with Gasteiger partial charge in [0.05, 0.1) is 29.2 Å². The van der Waals surface area contributed by atoms with E-state index in [4.69, 9.17) is 4.74 Å². The molecule has 142 valence electrons. The number of methoxy groups -OCH3 is 1. The molecule has 2 aromatic rings. The van der Waals surface area contributed by atoms with E-state index in [1.54, 1.807) is 6.92 Å². The van der Waals surface area contributed by atoms with E-state index < -0.39 is 35.1 Å². The summed E-state index contributed by atoms with van der Waals surface area (Å²) in [6, 6.07) is 6.51. The van der Waals surface area contributed by atoms with Gasteiger partial charge in [-0.25, -0.2) is 9.59 Å². The molecule has 1 N–H and O–H groups in total. The average Bonchev–Trinajstić information content (AvgIpc) is 3.19. The first-order valence-electron chi connectivity index (χ1n) is 7.69. The van der Waals surface area contributed by atoms with Crippen LogP contribution in [0.15, 0.2) is 35.7 Å². The van der Waals surface area contributed by atoms with Crippen LogP contribution in [0.25, 0.3) is 0 Å². The van der Waals surface area contributed by atoms with Crippen LogP contribution in [0.2, 0.25) is 0 Å². The van der Waals surface area contributed by atoms with Crippen molar-refractivity contribution < 1.29 is 28.8 Å². The Labute approximate surface area is 158 Å². The highest BCUT2D eigenvalue weighted by molar-refractivity contribution is 7.10. The van der Waals surface area contributed by atoms with Gasteiger partial charge in [0.2, 0.25) is 0 Å². The molecule has 1 heterocycles. The third-order valence-electron chi connectivity index (χ3n) is 3.47. The lowest BCUT2D eigenvalue weighted by Crippen LogP contribution is -2.30. The van der Waals surface area contributed by atoms with E-state index in [9.17, 15) is 24.5 Å². The van der Waals surface area contributed by atoms with Crippen molar-refractivity contribution in [2.24, 2.45) is 0 Å². The van der Waals surface area contributed by atoms with E-state index in [1.807, 2.05) is 17.5 Å². The Hall–Kier alpha value is -3.27. The Morgan fingerprint density at radius 2 is 1.89 bits per heavy atom. The van der Waals surface area contributed by atoms with Gasteiger partial charge in [-0.2, -0.15) is 0 Å². The Morgan fingerprint density at radius 3 is 2.44 bits per heavy atom. The predicted octanol–water partition coefficient (Wildman–Crippen LogP) is 2.48. The molecule has 10 heteroatoms. The summed E-state index contributed by atoms with van der Waals surface area (Å²) in [5, 5.41) is 15.5. The average molecular weight is 392 g/mol. The standard InChI is InChI=1S/C17H16N2O7S/c1-10(14-4-3-5-27-14)18-15(20)9-26-17(22)12-6-11(16(21)25-2)7-13(8-12)19(23)24/h3-8,10H,9H2,1-2H3,(H,18,20)/t10-/m0/s1. The predicted molar refractivity (Wildman–Crippen MR) is 95.6 cm³/mol. The highest BCUT2D eigenvalue weighted by Crippen LogP contribution is 2.19. The first-order chi connectivity index (χ1) is 12.8. The van der Waals surface area contributed by atoms with E-state index in [2.05, 4.69) is 10.1 Å². The molecular formula is C17H16N2O7S. The second kappa shape index (κ2) is 8.90. The number of rotatable bonds is 7. The van der Waals surface area contributed by atoms with Crippen molar-refractivity contribution in [1.82, 2.24) is 5.32 Å². The van der Waals surface area contributed by atoms with Crippen LogP contribution >= 0.6 is 11.3 Å². The molecule has 1 atom stereocenters. The summed E-state index contributed by atoms with van der Waals surface area (Å²) in [4.78, 5) is 46.8. The van der Waals surface area contributed by atoms with Gasteiger partial charge in [-0.05, 0) is 24.4 Å². The molecule has 1 aromatic heterocycles. The first kappa shape index (κ1) is 20.0. The topological polar surface area (TPSA) is 125 Å². The number of amides is 1. The molecule has 0 aliphatic carbocycles. The number of nitrogens with one attached hydrogen (secondary N) is 1. The number of ether oxygens (including phenoxy) is 2. The van der Waals surface area contributed by atoms with Crippen molar-refractivity contribution in [3.63, 3.8) is 0 Å². The minimum atomic E-state index is -0.970. The van der Waals surface area contributed by atoms with Crippen LogP contribution in [0.3, 0.4) is 0 Å². The molecule has 0 bridgehead atoms. The molecule has 0 saturated carbocycles. The molecule has 9 nitrogen and oxygen atoms in total. The molecule has 0 fully saturated rings. The van der Waals surface area contributed by atoms with Gasteiger partial charge in [-0.15, -0.1) is 11.3 Å². The Kier molecular flexibility index (Phi) is 6.61. The largest absolute Gasteiger partial charge is 0.465 e.